The van der Waals surface area contributed by atoms with Crippen LogP contribution >= 0.6 is 11.6 Å². The van der Waals surface area contributed by atoms with Crippen molar-refractivity contribution < 1.29 is 4.39 Å². The second-order valence-electron chi connectivity index (χ2n) is 6.06. The van der Waals surface area contributed by atoms with Crippen LogP contribution in [0.2, 0.25) is 5.02 Å². The molecule has 1 aromatic rings. The van der Waals surface area contributed by atoms with Crippen LogP contribution in [0.5, 0.6) is 0 Å². The third-order valence-corrected chi connectivity index (χ3v) is 4.42. The van der Waals surface area contributed by atoms with Gasteiger partial charge in [-0.3, -0.25) is 4.90 Å². The molecule has 0 radical (unpaired) electrons. The molecular weight excluding hydrogens is 289 g/mol. The van der Waals surface area contributed by atoms with Crippen molar-refractivity contribution in [1.29, 1.82) is 0 Å². The van der Waals surface area contributed by atoms with Crippen molar-refractivity contribution in [2.24, 2.45) is 0 Å². The molecule has 0 bridgehead atoms. The predicted molar refractivity (Wildman–Crippen MR) is 86.4 cm³/mol. The number of halogens is 2. The fraction of sp³-hybridized carbons (Fsp3) is 0.625. The number of rotatable bonds is 5. The SMILES string of the molecule is C[C@H](CN1CCN(C)CC1)N[C@@H](C)c1ccc(F)cc1Cl. The number of piperazine rings is 1. The topological polar surface area (TPSA) is 18.5 Å². The minimum absolute atomic E-state index is 0.112. The average molecular weight is 314 g/mol. The molecule has 3 nitrogen and oxygen atoms in total. The molecule has 0 spiro atoms. The number of hydrogen-bond donors (Lipinski definition) is 1. The standard InChI is InChI=1S/C16H25ClFN3/c1-12(11-21-8-6-20(3)7-9-21)19-13(2)15-5-4-14(18)10-16(15)17/h4-5,10,12-13,19H,6-9,11H2,1-3H3/t12-,13+/m1/s1. The quantitative estimate of drug-likeness (QED) is 0.902. The Hall–Kier alpha value is -0.680. The van der Waals surface area contributed by atoms with E-state index in [2.05, 4.69) is 36.0 Å². The van der Waals surface area contributed by atoms with Crippen molar-refractivity contribution in [3.8, 4) is 0 Å². The van der Waals surface area contributed by atoms with E-state index in [4.69, 9.17) is 11.6 Å². The van der Waals surface area contributed by atoms with Gasteiger partial charge in [-0.2, -0.15) is 0 Å². The first-order valence-electron chi connectivity index (χ1n) is 7.57. The zero-order valence-electron chi connectivity index (χ0n) is 13.1. The Labute approximate surface area is 132 Å². The summed E-state index contributed by atoms with van der Waals surface area (Å²) in [5, 5.41) is 4.04. The van der Waals surface area contributed by atoms with E-state index >= 15 is 0 Å². The van der Waals surface area contributed by atoms with Crippen LogP contribution in [0, 0.1) is 5.82 Å². The Morgan fingerprint density at radius 3 is 2.52 bits per heavy atom. The number of nitrogens with one attached hydrogen (secondary N) is 1. The van der Waals surface area contributed by atoms with E-state index in [1.165, 1.54) is 12.1 Å². The molecule has 21 heavy (non-hydrogen) atoms. The van der Waals surface area contributed by atoms with Gasteiger partial charge in [-0.25, -0.2) is 4.39 Å². The van der Waals surface area contributed by atoms with Crippen LogP contribution < -0.4 is 5.32 Å². The van der Waals surface area contributed by atoms with Crippen molar-refractivity contribution in [2.75, 3.05) is 39.8 Å². The largest absolute Gasteiger partial charge is 0.306 e. The van der Waals surface area contributed by atoms with Crippen LogP contribution in [0.1, 0.15) is 25.5 Å². The maximum atomic E-state index is 13.1. The number of hydrogen-bond acceptors (Lipinski definition) is 3. The molecule has 1 fully saturated rings. The third kappa shape index (κ3) is 4.92. The lowest BCUT2D eigenvalue weighted by Gasteiger charge is -2.34. The molecule has 118 valence electrons. The lowest BCUT2D eigenvalue weighted by Crippen LogP contribution is -2.49. The van der Waals surface area contributed by atoms with Gasteiger partial charge in [-0.15, -0.1) is 0 Å². The maximum Gasteiger partial charge on any atom is 0.124 e. The maximum absolute atomic E-state index is 13.1. The van der Waals surface area contributed by atoms with Crippen LogP contribution in [0.4, 0.5) is 4.39 Å². The molecule has 0 aromatic heterocycles. The van der Waals surface area contributed by atoms with Gasteiger partial charge in [0.25, 0.3) is 0 Å². The summed E-state index contributed by atoms with van der Waals surface area (Å²) in [5.74, 6) is -0.290. The molecule has 5 heteroatoms. The Kier molecular flexibility index (Phi) is 5.99. The van der Waals surface area contributed by atoms with Crippen LogP contribution in [-0.2, 0) is 0 Å². The lowest BCUT2D eigenvalue weighted by atomic mass is 10.1. The van der Waals surface area contributed by atoms with Crippen molar-refractivity contribution in [1.82, 2.24) is 15.1 Å². The first kappa shape index (κ1) is 16.7. The van der Waals surface area contributed by atoms with Crippen molar-refractivity contribution >= 4 is 11.6 Å². The zero-order chi connectivity index (χ0) is 15.4. The molecule has 1 aromatic carbocycles. The summed E-state index contributed by atoms with van der Waals surface area (Å²) in [7, 11) is 2.16. The molecule has 1 aliphatic heterocycles. The predicted octanol–water partition coefficient (Wildman–Crippen LogP) is 2.77. The second-order valence-corrected chi connectivity index (χ2v) is 6.47. The minimum atomic E-state index is -0.290. The van der Waals surface area contributed by atoms with E-state index in [9.17, 15) is 4.39 Å². The van der Waals surface area contributed by atoms with Crippen molar-refractivity contribution in [3.05, 3.63) is 34.6 Å². The second kappa shape index (κ2) is 7.54. The Morgan fingerprint density at radius 1 is 1.24 bits per heavy atom. The van der Waals surface area contributed by atoms with Gasteiger partial charge in [0.2, 0.25) is 0 Å². The highest BCUT2D eigenvalue weighted by Gasteiger charge is 2.18. The van der Waals surface area contributed by atoms with Gasteiger partial charge < -0.3 is 10.2 Å². The Morgan fingerprint density at radius 2 is 1.90 bits per heavy atom. The van der Waals surface area contributed by atoms with E-state index in [0.29, 0.717) is 11.1 Å². The first-order valence-corrected chi connectivity index (χ1v) is 7.95. The fourth-order valence-electron chi connectivity index (χ4n) is 2.84. The summed E-state index contributed by atoms with van der Waals surface area (Å²) in [4.78, 5) is 4.84. The van der Waals surface area contributed by atoms with Crippen LogP contribution in [0.25, 0.3) is 0 Å². The average Bonchev–Trinajstić information content (AvgIpc) is 2.41. The monoisotopic (exact) mass is 313 g/mol. The van der Waals surface area contributed by atoms with Crippen molar-refractivity contribution in [3.63, 3.8) is 0 Å². The van der Waals surface area contributed by atoms with Crippen LogP contribution in [-0.4, -0.2) is 55.6 Å². The highest BCUT2D eigenvalue weighted by atomic mass is 35.5. The molecule has 1 aliphatic rings. The highest BCUT2D eigenvalue weighted by molar-refractivity contribution is 6.31. The number of nitrogens with zero attached hydrogens (tertiary/aromatic N) is 2. The summed E-state index contributed by atoms with van der Waals surface area (Å²) in [6, 6.07) is 5.08. The van der Waals surface area contributed by atoms with Gasteiger partial charge in [-0.05, 0) is 38.6 Å². The summed E-state index contributed by atoms with van der Waals surface area (Å²) in [5.41, 5.74) is 0.947. The Balaban J connectivity index is 1.85. The fourth-order valence-corrected chi connectivity index (χ4v) is 3.17. The van der Waals surface area contributed by atoms with Crippen molar-refractivity contribution in [2.45, 2.75) is 25.9 Å². The van der Waals surface area contributed by atoms with E-state index in [-0.39, 0.29) is 11.9 Å². The summed E-state index contributed by atoms with van der Waals surface area (Å²) < 4.78 is 13.1. The summed E-state index contributed by atoms with van der Waals surface area (Å²) in [6.07, 6.45) is 0. The smallest absolute Gasteiger partial charge is 0.124 e. The molecule has 0 unspecified atom stereocenters. The lowest BCUT2D eigenvalue weighted by molar-refractivity contribution is 0.142. The van der Waals surface area contributed by atoms with E-state index in [1.807, 2.05) is 0 Å². The third-order valence-electron chi connectivity index (χ3n) is 4.09. The molecule has 1 heterocycles. The van der Waals surface area contributed by atoms with Crippen LogP contribution in [0.15, 0.2) is 18.2 Å². The van der Waals surface area contributed by atoms with Gasteiger partial charge in [0, 0.05) is 49.8 Å². The highest BCUT2D eigenvalue weighted by Crippen LogP contribution is 2.24. The molecule has 0 aliphatic carbocycles. The summed E-state index contributed by atoms with van der Waals surface area (Å²) >= 11 is 6.12. The molecule has 2 atom stereocenters. The van der Waals surface area contributed by atoms with Gasteiger partial charge in [0.05, 0.1) is 0 Å². The van der Waals surface area contributed by atoms with Gasteiger partial charge in [-0.1, -0.05) is 17.7 Å². The number of likely N-dealkylation sites (N-methyl/N-ethyl adjacent to an activating group) is 1. The molecule has 2 rings (SSSR count). The minimum Gasteiger partial charge on any atom is -0.306 e. The summed E-state index contributed by atoms with van der Waals surface area (Å²) in [6.45, 7) is 9.78. The molecule has 1 saturated heterocycles. The Bertz CT molecular complexity index is 461. The van der Waals surface area contributed by atoms with Gasteiger partial charge in [0.15, 0.2) is 0 Å². The van der Waals surface area contributed by atoms with E-state index < -0.39 is 0 Å². The number of benzene rings is 1. The van der Waals surface area contributed by atoms with E-state index in [1.54, 1.807) is 6.07 Å². The van der Waals surface area contributed by atoms with Gasteiger partial charge in [0.1, 0.15) is 5.82 Å². The molecule has 0 saturated carbocycles. The van der Waals surface area contributed by atoms with E-state index in [0.717, 1.165) is 38.3 Å². The normalized spacial score (nSPS) is 20.4. The zero-order valence-corrected chi connectivity index (χ0v) is 13.8. The van der Waals surface area contributed by atoms with Gasteiger partial charge >= 0.3 is 0 Å². The van der Waals surface area contributed by atoms with Crippen LogP contribution in [0.3, 0.4) is 0 Å². The molecule has 1 N–H and O–H groups in total. The molecular formula is C16H25ClFN3. The molecule has 0 amide bonds. The first-order chi connectivity index (χ1) is 9.95.